The molecule has 0 saturated heterocycles. The van der Waals surface area contributed by atoms with Crippen molar-refractivity contribution in [3.8, 4) is 0 Å². The van der Waals surface area contributed by atoms with Gasteiger partial charge in [0.05, 0.1) is 11.7 Å². The minimum Gasteiger partial charge on any atom is -0.367 e. The van der Waals surface area contributed by atoms with Crippen LogP contribution in [0.5, 0.6) is 0 Å². The van der Waals surface area contributed by atoms with E-state index in [0.717, 1.165) is 11.2 Å². The van der Waals surface area contributed by atoms with Crippen LogP contribution in [0, 0.1) is 13.8 Å². The van der Waals surface area contributed by atoms with Crippen LogP contribution < -0.4 is 11.1 Å². The highest BCUT2D eigenvalue weighted by atomic mass is 16.2. The molecule has 0 aliphatic rings. The number of carbonyl (C=O) groups is 1. The van der Waals surface area contributed by atoms with Crippen LogP contribution in [0.2, 0.25) is 0 Å². The number of hydrogen-bond donors (Lipinski definition) is 3. The Morgan fingerprint density at radius 1 is 1.36 bits per heavy atom. The second-order valence-electron chi connectivity index (χ2n) is 5.25. The third-order valence-corrected chi connectivity index (χ3v) is 3.43. The molecule has 8 nitrogen and oxygen atoms in total. The Kier molecular flexibility index (Phi) is 3.28. The first kappa shape index (κ1) is 14.1. The zero-order valence-corrected chi connectivity index (χ0v) is 12.6. The van der Waals surface area contributed by atoms with E-state index < -0.39 is 0 Å². The number of aromatic amines is 1. The molecule has 0 radical (unpaired) electrons. The molecular weight excluding hydrogens is 282 g/mol. The molecule has 3 aromatic rings. The second kappa shape index (κ2) is 5.14. The summed E-state index contributed by atoms with van der Waals surface area (Å²) in [5.41, 5.74) is 8.45. The quantitative estimate of drug-likeness (QED) is 0.671. The Labute approximate surface area is 126 Å². The number of pyridine rings is 1. The van der Waals surface area contributed by atoms with Crippen molar-refractivity contribution in [1.82, 2.24) is 29.9 Å². The summed E-state index contributed by atoms with van der Waals surface area (Å²) in [5.74, 6) is 0.435. The summed E-state index contributed by atoms with van der Waals surface area (Å²) in [6.45, 7) is 5.59. The van der Waals surface area contributed by atoms with Gasteiger partial charge in [0.15, 0.2) is 0 Å². The van der Waals surface area contributed by atoms with Crippen molar-refractivity contribution in [3.63, 3.8) is 0 Å². The van der Waals surface area contributed by atoms with Gasteiger partial charge in [-0.2, -0.15) is 4.98 Å². The maximum atomic E-state index is 12.6. The van der Waals surface area contributed by atoms with E-state index in [9.17, 15) is 4.79 Å². The Hall–Kier alpha value is -2.90. The molecule has 4 N–H and O–H groups in total. The van der Waals surface area contributed by atoms with Gasteiger partial charge < -0.3 is 11.1 Å². The highest BCUT2D eigenvalue weighted by Gasteiger charge is 2.20. The lowest BCUT2D eigenvalue weighted by atomic mass is 10.2. The summed E-state index contributed by atoms with van der Waals surface area (Å²) in [7, 11) is 0. The van der Waals surface area contributed by atoms with Crippen LogP contribution in [-0.2, 0) is 0 Å². The van der Waals surface area contributed by atoms with Gasteiger partial charge in [-0.15, -0.1) is 5.10 Å². The van der Waals surface area contributed by atoms with Gasteiger partial charge in [0.25, 0.3) is 5.91 Å². The van der Waals surface area contributed by atoms with E-state index in [-0.39, 0.29) is 17.9 Å². The van der Waals surface area contributed by atoms with E-state index >= 15 is 0 Å². The number of nitrogen functional groups attached to an aromatic ring is 1. The molecule has 1 atom stereocenters. The van der Waals surface area contributed by atoms with Gasteiger partial charge in [0, 0.05) is 6.20 Å². The van der Waals surface area contributed by atoms with E-state index in [1.807, 2.05) is 39.1 Å². The van der Waals surface area contributed by atoms with E-state index in [1.54, 1.807) is 4.40 Å². The number of anilines is 1. The number of fused-ring (bicyclic) bond motifs is 1. The van der Waals surface area contributed by atoms with Crippen molar-refractivity contribution in [2.75, 3.05) is 5.73 Å². The highest BCUT2D eigenvalue weighted by Crippen LogP contribution is 2.15. The maximum Gasteiger partial charge on any atom is 0.270 e. The predicted molar refractivity (Wildman–Crippen MR) is 81.3 cm³/mol. The van der Waals surface area contributed by atoms with Gasteiger partial charge in [-0.25, -0.2) is 4.98 Å². The van der Waals surface area contributed by atoms with Crippen LogP contribution in [0.25, 0.3) is 5.65 Å². The fourth-order valence-electron chi connectivity index (χ4n) is 2.36. The minimum atomic E-state index is -0.341. The van der Waals surface area contributed by atoms with Gasteiger partial charge >= 0.3 is 0 Å². The van der Waals surface area contributed by atoms with Crippen molar-refractivity contribution in [2.45, 2.75) is 26.8 Å². The molecule has 8 heteroatoms. The molecule has 114 valence electrons. The first-order valence-electron chi connectivity index (χ1n) is 6.89. The number of nitrogens with one attached hydrogen (secondary N) is 2. The molecule has 3 aromatic heterocycles. The first-order chi connectivity index (χ1) is 10.5. The van der Waals surface area contributed by atoms with Crippen molar-refractivity contribution >= 4 is 17.5 Å². The average Bonchev–Trinajstić information content (AvgIpc) is 3.01. The monoisotopic (exact) mass is 299 g/mol. The summed E-state index contributed by atoms with van der Waals surface area (Å²) in [4.78, 5) is 21.0. The molecule has 0 aromatic carbocycles. The molecule has 0 fully saturated rings. The Morgan fingerprint density at radius 3 is 2.82 bits per heavy atom. The topological polar surface area (TPSA) is 114 Å². The zero-order valence-electron chi connectivity index (χ0n) is 12.6. The number of aryl methyl sites for hydroxylation is 2. The predicted octanol–water partition coefficient (Wildman–Crippen LogP) is 1.14. The number of hydrogen-bond acceptors (Lipinski definition) is 5. The molecule has 3 rings (SSSR count). The standard InChI is InChI=1S/C14H17N7O/c1-7-4-5-10-16-8(2)11(21(10)6-7)13(22)17-9(3)12-18-14(15)20-19-12/h4-6,9H,1-3H3,(H,17,22)(H3,15,18,19,20)/t9-/m1/s1. The molecular formula is C14H17N7O. The summed E-state index contributed by atoms with van der Waals surface area (Å²) < 4.78 is 1.79. The van der Waals surface area contributed by atoms with E-state index in [4.69, 9.17) is 5.73 Å². The van der Waals surface area contributed by atoms with Crippen LogP contribution >= 0.6 is 0 Å². The normalized spacial score (nSPS) is 12.5. The van der Waals surface area contributed by atoms with Gasteiger partial charge in [0.2, 0.25) is 5.95 Å². The SMILES string of the molecule is Cc1ccc2nc(C)c(C(=O)N[C@H](C)c3nc(N)n[nH]3)n2c1. The number of nitrogens with two attached hydrogens (primary N) is 1. The van der Waals surface area contributed by atoms with E-state index in [0.29, 0.717) is 17.2 Å². The Morgan fingerprint density at radius 2 is 2.14 bits per heavy atom. The number of H-pyrrole nitrogens is 1. The van der Waals surface area contributed by atoms with Crippen LogP contribution in [0.15, 0.2) is 18.3 Å². The lowest BCUT2D eigenvalue weighted by molar-refractivity contribution is 0.0931. The van der Waals surface area contributed by atoms with E-state index in [1.165, 1.54) is 0 Å². The number of rotatable bonds is 3. The lowest BCUT2D eigenvalue weighted by Crippen LogP contribution is -2.29. The molecule has 0 unspecified atom stereocenters. The Bertz CT molecular complexity index is 848. The molecule has 22 heavy (non-hydrogen) atoms. The number of carbonyl (C=O) groups excluding carboxylic acids is 1. The summed E-state index contributed by atoms with van der Waals surface area (Å²) >= 11 is 0. The maximum absolute atomic E-state index is 12.6. The summed E-state index contributed by atoms with van der Waals surface area (Å²) in [5, 5.41) is 9.33. The lowest BCUT2D eigenvalue weighted by Gasteiger charge is -2.11. The average molecular weight is 299 g/mol. The molecule has 0 aliphatic heterocycles. The van der Waals surface area contributed by atoms with Gasteiger partial charge in [-0.3, -0.25) is 14.3 Å². The van der Waals surface area contributed by atoms with Gasteiger partial charge in [0.1, 0.15) is 17.2 Å². The number of aromatic nitrogens is 5. The van der Waals surface area contributed by atoms with Crippen LogP contribution in [0.3, 0.4) is 0 Å². The van der Waals surface area contributed by atoms with Crippen molar-refractivity contribution in [1.29, 1.82) is 0 Å². The third-order valence-electron chi connectivity index (χ3n) is 3.43. The molecule has 0 aliphatic carbocycles. The van der Waals surface area contributed by atoms with E-state index in [2.05, 4.69) is 25.5 Å². The molecule has 0 bridgehead atoms. The zero-order chi connectivity index (χ0) is 15.9. The summed E-state index contributed by atoms with van der Waals surface area (Å²) in [6, 6.07) is 3.51. The fraction of sp³-hybridized carbons (Fsp3) is 0.286. The minimum absolute atomic E-state index is 0.151. The Balaban J connectivity index is 1.92. The van der Waals surface area contributed by atoms with Crippen molar-refractivity contribution in [3.05, 3.63) is 41.1 Å². The van der Waals surface area contributed by atoms with Gasteiger partial charge in [-0.1, -0.05) is 6.07 Å². The van der Waals surface area contributed by atoms with Crippen molar-refractivity contribution < 1.29 is 4.79 Å². The fourth-order valence-corrected chi connectivity index (χ4v) is 2.36. The van der Waals surface area contributed by atoms with Crippen LogP contribution in [0.1, 0.15) is 40.5 Å². The van der Waals surface area contributed by atoms with Crippen LogP contribution in [0.4, 0.5) is 5.95 Å². The molecule has 0 saturated carbocycles. The smallest absolute Gasteiger partial charge is 0.270 e. The number of imidazole rings is 1. The van der Waals surface area contributed by atoms with Gasteiger partial charge in [-0.05, 0) is 32.4 Å². The van der Waals surface area contributed by atoms with Crippen molar-refractivity contribution in [2.24, 2.45) is 0 Å². The number of nitrogens with zero attached hydrogens (tertiary/aromatic N) is 4. The highest BCUT2D eigenvalue weighted by molar-refractivity contribution is 5.94. The summed E-state index contributed by atoms with van der Waals surface area (Å²) in [6.07, 6.45) is 1.89. The molecule has 0 spiro atoms. The second-order valence-corrected chi connectivity index (χ2v) is 5.25. The molecule has 1 amide bonds. The third kappa shape index (κ3) is 2.39. The molecule has 3 heterocycles. The van der Waals surface area contributed by atoms with Crippen LogP contribution in [-0.4, -0.2) is 30.5 Å². The number of amides is 1. The first-order valence-corrected chi connectivity index (χ1v) is 6.89. The largest absolute Gasteiger partial charge is 0.367 e.